The molecule has 0 spiro atoms. The van der Waals surface area contributed by atoms with Gasteiger partial charge < -0.3 is 14.1 Å². The predicted octanol–water partition coefficient (Wildman–Crippen LogP) is 3.73. The number of rotatable bonds is 7. The number of hydrogen-bond donors (Lipinski definition) is 0. The Labute approximate surface area is 141 Å². The average Bonchev–Trinajstić information content (AvgIpc) is 3.09. The standard InChI is InChI=1S/C17H22ClN3O2/c18-13-16-19-20-17(23-16)14-5-7-15(8-6-14)22-12-4-11-21-9-2-1-3-10-21/h5-8H,1-4,9-13H2. The molecule has 1 aliphatic rings. The number of likely N-dealkylation sites (tertiary alicyclic amines) is 1. The maximum atomic E-state index is 5.80. The second-order valence-corrected chi connectivity index (χ2v) is 6.03. The first-order chi connectivity index (χ1) is 11.3. The highest BCUT2D eigenvalue weighted by atomic mass is 35.5. The summed E-state index contributed by atoms with van der Waals surface area (Å²) < 4.78 is 11.2. The third-order valence-corrected chi connectivity index (χ3v) is 4.25. The summed E-state index contributed by atoms with van der Waals surface area (Å²) in [6, 6.07) is 7.71. The molecule has 0 N–H and O–H groups in total. The zero-order valence-electron chi connectivity index (χ0n) is 13.2. The first kappa shape index (κ1) is 16.3. The van der Waals surface area contributed by atoms with Crippen molar-refractivity contribution in [3.8, 4) is 17.2 Å². The summed E-state index contributed by atoms with van der Waals surface area (Å²) in [6.07, 6.45) is 5.11. The Balaban J connectivity index is 1.44. The van der Waals surface area contributed by atoms with E-state index in [2.05, 4.69) is 15.1 Å². The lowest BCUT2D eigenvalue weighted by Crippen LogP contribution is -2.31. The van der Waals surface area contributed by atoms with Crippen molar-refractivity contribution in [2.24, 2.45) is 0 Å². The Morgan fingerprint density at radius 2 is 1.87 bits per heavy atom. The van der Waals surface area contributed by atoms with Gasteiger partial charge in [-0.1, -0.05) is 6.42 Å². The highest BCUT2D eigenvalue weighted by Crippen LogP contribution is 2.22. The molecule has 2 aromatic rings. The summed E-state index contributed by atoms with van der Waals surface area (Å²) in [7, 11) is 0. The van der Waals surface area contributed by atoms with Crippen LogP contribution >= 0.6 is 11.6 Å². The maximum Gasteiger partial charge on any atom is 0.247 e. The van der Waals surface area contributed by atoms with Crippen molar-refractivity contribution in [3.63, 3.8) is 0 Å². The van der Waals surface area contributed by atoms with Crippen LogP contribution in [0.4, 0.5) is 0 Å². The molecule has 1 aromatic heterocycles. The molecular formula is C17H22ClN3O2. The maximum absolute atomic E-state index is 5.80. The third kappa shape index (κ3) is 4.69. The lowest BCUT2D eigenvalue weighted by molar-refractivity contribution is 0.205. The molecule has 0 bridgehead atoms. The van der Waals surface area contributed by atoms with Crippen molar-refractivity contribution in [2.45, 2.75) is 31.6 Å². The number of ether oxygens (including phenoxy) is 1. The van der Waals surface area contributed by atoms with Crippen molar-refractivity contribution in [1.29, 1.82) is 0 Å². The largest absolute Gasteiger partial charge is 0.494 e. The fraction of sp³-hybridized carbons (Fsp3) is 0.529. The molecule has 6 heteroatoms. The van der Waals surface area contributed by atoms with E-state index < -0.39 is 0 Å². The third-order valence-electron chi connectivity index (χ3n) is 4.02. The number of alkyl halides is 1. The topological polar surface area (TPSA) is 51.4 Å². The number of piperidine rings is 1. The molecule has 3 rings (SSSR count). The number of halogens is 1. The minimum Gasteiger partial charge on any atom is -0.494 e. The Morgan fingerprint density at radius 1 is 1.09 bits per heavy atom. The quantitative estimate of drug-likeness (QED) is 0.570. The highest BCUT2D eigenvalue weighted by Gasteiger charge is 2.10. The molecule has 0 saturated carbocycles. The second kappa shape index (κ2) is 8.31. The first-order valence-corrected chi connectivity index (χ1v) is 8.72. The molecule has 1 aliphatic heterocycles. The monoisotopic (exact) mass is 335 g/mol. The van der Waals surface area contributed by atoms with Crippen molar-refractivity contribution in [2.75, 3.05) is 26.2 Å². The summed E-state index contributed by atoms with van der Waals surface area (Å²) in [4.78, 5) is 2.53. The van der Waals surface area contributed by atoms with Crippen molar-refractivity contribution in [1.82, 2.24) is 15.1 Å². The van der Waals surface area contributed by atoms with Crippen LogP contribution < -0.4 is 4.74 Å². The molecule has 1 aromatic carbocycles. The van der Waals surface area contributed by atoms with Crippen LogP contribution in [0.15, 0.2) is 28.7 Å². The van der Waals surface area contributed by atoms with Crippen LogP contribution in [-0.4, -0.2) is 41.3 Å². The highest BCUT2D eigenvalue weighted by molar-refractivity contribution is 6.16. The van der Waals surface area contributed by atoms with E-state index in [1.807, 2.05) is 24.3 Å². The molecule has 2 heterocycles. The second-order valence-electron chi connectivity index (χ2n) is 5.76. The zero-order chi connectivity index (χ0) is 15.9. The van der Waals surface area contributed by atoms with E-state index in [9.17, 15) is 0 Å². The van der Waals surface area contributed by atoms with Crippen LogP contribution in [0.25, 0.3) is 11.5 Å². The van der Waals surface area contributed by atoms with E-state index >= 15 is 0 Å². The normalized spacial score (nSPS) is 15.7. The summed E-state index contributed by atoms with van der Waals surface area (Å²) in [5.74, 6) is 2.01. The minimum atomic E-state index is 0.227. The SMILES string of the molecule is ClCc1nnc(-c2ccc(OCCCN3CCCCC3)cc2)o1. The van der Waals surface area contributed by atoms with Crippen molar-refractivity contribution in [3.05, 3.63) is 30.2 Å². The lowest BCUT2D eigenvalue weighted by atomic mass is 10.1. The predicted molar refractivity (Wildman–Crippen MR) is 89.7 cm³/mol. The van der Waals surface area contributed by atoms with Crippen LogP contribution in [-0.2, 0) is 5.88 Å². The van der Waals surface area contributed by atoms with Crippen molar-refractivity contribution < 1.29 is 9.15 Å². The Kier molecular flexibility index (Phi) is 5.88. The number of hydrogen-bond acceptors (Lipinski definition) is 5. The van der Waals surface area contributed by atoms with E-state index in [0.717, 1.165) is 30.9 Å². The molecule has 0 unspecified atom stereocenters. The van der Waals surface area contributed by atoms with E-state index in [0.29, 0.717) is 11.8 Å². The zero-order valence-corrected chi connectivity index (χ0v) is 14.0. The fourth-order valence-electron chi connectivity index (χ4n) is 2.78. The van der Waals surface area contributed by atoms with Gasteiger partial charge in [-0.3, -0.25) is 0 Å². The van der Waals surface area contributed by atoms with Crippen LogP contribution in [0, 0.1) is 0 Å². The smallest absolute Gasteiger partial charge is 0.247 e. The minimum absolute atomic E-state index is 0.227. The summed E-state index contributed by atoms with van der Waals surface area (Å²) in [5, 5.41) is 7.82. The van der Waals surface area contributed by atoms with Gasteiger partial charge in [-0.15, -0.1) is 21.8 Å². The molecule has 5 nitrogen and oxygen atoms in total. The van der Waals surface area contributed by atoms with E-state index in [-0.39, 0.29) is 5.88 Å². The molecular weight excluding hydrogens is 314 g/mol. The summed E-state index contributed by atoms with van der Waals surface area (Å²) in [6.45, 7) is 4.35. The summed E-state index contributed by atoms with van der Waals surface area (Å²) >= 11 is 5.66. The molecule has 124 valence electrons. The van der Waals surface area contributed by atoms with Gasteiger partial charge in [0.2, 0.25) is 11.8 Å². The van der Waals surface area contributed by atoms with Gasteiger partial charge in [0, 0.05) is 12.1 Å². The Morgan fingerprint density at radius 3 is 2.57 bits per heavy atom. The van der Waals surface area contributed by atoms with Gasteiger partial charge in [0.05, 0.1) is 6.61 Å². The van der Waals surface area contributed by atoms with Crippen LogP contribution in [0.5, 0.6) is 5.75 Å². The van der Waals surface area contributed by atoms with Crippen LogP contribution in [0.1, 0.15) is 31.6 Å². The van der Waals surface area contributed by atoms with Gasteiger partial charge in [0.1, 0.15) is 11.6 Å². The first-order valence-electron chi connectivity index (χ1n) is 8.19. The average molecular weight is 336 g/mol. The molecule has 1 fully saturated rings. The van der Waals surface area contributed by atoms with Crippen LogP contribution in [0.2, 0.25) is 0 Å². The van der Waals surface area contributed by atoms with Gasteiger partial charge in [-0.05, 0) is 56.6 Å². The molecule has 23 heavy (non-hydrogen) atoms. The lowest BCUT2D eigenvalue weighted by Gasteiger charge is -2.26. The number of nitrogens with zero attached hydrogens (tertiary/aromatic N) is 3. The number of benzene rings is 1. The van der Waals surface area contributed by atoms with Gasteiger partial charge in [-0.2, -0.15) is 0 Å². The fourth-order valence-corrected chi connectivity index (χ4v) is 2.89. The molecule has 0 atom stereocenters. The van der Waals surface area contributed by atoms with Gasteiger partial charge >= 0.3 is 0 Å². The molecule has 0 amide bonds. The number of aromatic nitrogens is 2. The molecule has 1 saturated heterocycles. The Hall–Kier alpha value is -1.59. The van der Waals surface area contributed by atoms with Crippen molar-refractivity contribution >= 4 is 11.6 Å². The van der Waals surface area contributed by atoms with E-state index in [1.54, 1.807) is 0 Å². The van der Waals surface area contributed by atoms with E-state index in [4.69, 9.17) is 20.8 Å². The van der Waals surface area contributed by atoms with Gasteiger partial charge in [0.25, 0.3) is 0 Å². The van der Waals surface area contributed by atoms with E-state index in [1.165, 1.54) is 32.4 Å². The molecule has 0 aliphatic carbocycles. The summed E-state index contributed by atoms with van der Waals surface area (Å²) in [5.41, 5.74) is 0.870. The van der Waals surface area contributed by atoms with Crippen LogP contribution in [0.3, 0.4) is 0 Å². The molecule has 0 radical (unpaired) electrons. The van der Waals surface area contributed by atoms with Gasteiger partial charge in [-0.25, -0.2) is 0 Å². The van der Waals surface area contributed by atoms with Gasteiger partial charge in [0.15, 0.2) is 0 Å². The Bertz CT molecular complexity index is 594.